The predicted molar refractivity (Wildman–Crippen MR) is 102 cm³/mol. The van der Waals surface area contributed by atoms with Crippen LogP contribution < -0.4 is 32.9 Å². The van der Waals surface area contributed by atoms with Crippen molar-refractivity contribution in [3.63, 3.8) is 0 Å². The van der Waals surface area contributed by atoms with E-state index in [9.17, 15) is 4.79 Å². The molecule has 1 aromatic heterocycles. The first kappa shape index (κ1) is 18.1. The molecule has 7 N–H and O–H groups in total. The molecule has 9 nitrogen and oxygen atoms in total. The number of hydrogen-bond donors (Lipinski definition) is 4. The number of ether oxygens (including phenoxy) is 1. The van der Waals surface area contributed by atoms with Crippen LogP contribution in [0.15, 0.2) is 44.0 Å². The van der Waals surface area contributed by atoms with Gasteiger partial charge in [-0.3, -0.25) is 9.56 Å². The van der Waals surface area contributed by atoms with E-state index in [-0.39, 0.29) is 11.6 Å². The standard InChI is InChI=1S/C16H21N7O2S/c17-5-8-25-10-3-1-4-11-13(10)21-14-12(26-11)9-23(16(24)22-14)7-2-6-20-15(18)19/h1,3-4,9H,2,5-8,17H2,(H4,18,19,20)(H,21,22,24). The highest BCUT2D eigenvalue weighted by Crippen LogP contribution is 2.46. The van der Waals surface area contributed by atoms with Gasteiger partial charge in [-0.15, -0.1) is 0 Å². The molecule has 1 aromatic carbocycles. The topological polar surface area (TPSA) is 147 Å². The van der Waals surface area contributed by atoms with Gasteiger partial charge < -0.3 is 27.3 Å². The molecule has 138 valence electrons. The molecule has 2 heterocycles. The lowest BCUT2D eigenvalue weighted by Gasteiger charge is -2.22. The number of hydrogen-bond acceptors (Lipinski definition) is 7. The van der Waals surface area contributed by atoms with Crippen molar-refractivity contribution in [1.29, 1.82) is 0 Å². The number of rotatable bonds is 7. The van der Waals surface area contributed by atoms with Crippen LogP contribution in [0.1, 0.15) is 6.42 Å². The van der Waals surface area contributed by atoms with Crippen LogP contribution >= 0.6 is 11.8 Å². The van der Waals surface area contributed by atoms with E-state index >= 15 is 0 Å². The summed E-state index contributed by atoms with van der Waals surface area (Å²) in [5, 5.41) is 3.20. The summed E-state index contributed by atoms with van der Waals surface area (Å²) in [5.41, 5.74) is 16.6. The van der Waals surface area contributed by atoms with Crippen LogP contribution in [0.25, 0.3) is 0 Å². The number of nitrogens with zero attached hydrogens (tertiary/aromatic N) is 3. The highest BCUT2D eigenvalue weighted by atomic mass is 32.2. The van der Waals surface area contributed by atoms with Crippen LogP contribution in [0.3, 0.4) is 0 Å². The molecule has 3 rings (SSSR count). The van der Waals surface area contributed by atoms with E-state index < -0.39 is 0 Å². The number of nitrogens with one attached hydrogen (secondary N) is 1. The molecule has 0 aliphatic carbocycles. The van der Waals surface area contributed by atoms with E-state index in [4.69, 9.17) is 21.9 Å². The van der Waals surface area contributed by atoms with Crippen molar-refractivity contribution >= 4 is 29.2 Å². The molecule has 0 atom stereocenters. The van der Waals surface area contributed by atoms with Crippen molar-refractivity contribution in [1.82, 2.24) is 9.55 Å². The van der Waals surface area contributed by atoms with E-state index in [0.29, 0.717) is 44.2 Å². The van der Waals surface area contributed by atoms with Gasteiger partial charge in [-0.1, -0.05) is 17.8 Å². The molecule has 26 heavy (non-hydrogen) atoms. The van der Waals surface area contributed by atoms with Crippen molar-refractivity contribution in [3.05, 3.63) is 34.9 Å². The molecule has 0 radical (unpaired) electrons. The zero-order chi connectivity index (χ0) is 18.5. The number of fused-ring (bicyclic) bond motifs is 2. The maximum absolute atomic E-state index is 12.3. The maximum Gasteiger partial charge on any atom is 0.349 e. The fraction of sp³-hybridized carbons (Fsp3) is 0.312. The van der Waals surface area contributed by atoms with Gasteiger partial charge in [0.25, 0.3) is 0 Å². The zero-order valence-electron chi connectivity index (χ0n) is 14.1. The zero-order valence-corrected chi connectivity index (χ0v) is 15.0. The first-order valence-electron chi connectivity index (χ1n) is 8.16. The van der Waals surface area contributed by atoms with Crippen LogP contribution in [0.4, 0.5) is 11.5 Å². The third-order valence-electron chi connectivity index (χ3n) is 3.64. The van der Waals surface area contributed by atoms with Crippen LogP contribution in [-0.2, 0) is 6.54 Å². The average molecular weight is 375 g/mol. The molecule has 2 aromatic rings. The molecule has 0 amide bonds. The lowest BCUT2D eigenvalue weighted by Crippen LogP contribution is -2.26. The van der Waals surface area contributed by atoms with E-state index in [1.54, 1.807) is 10.8 Å². The van der Waals surface area contributed by atoms with Crippen LogP contribution in [0.5, 0.6) is 5.75 Å². The fourth-order valence-corrected chi connectivity index (χ4v) is 3.50. The van der Waals surface area contributed by atoms with Crippen molar-refractivity contribution in [2.24, 2.45) is 22.2 Å². The molecule has 0 spiro atoms. The van der Waals surface area contributed by atoms with Crippen molar-refractivity contribution in [2.45, 2.75) is 22.8 Å². The monoisotopic (exact) mass is 375 g/mol. The molecular formula is C16H21N7O2S. The third kappa shape index (κ3) is 4.09. The number of benzene rings is 1. The lowest BCUT2D eigenvalue weighted by molar-refractivity contribution is 0.329. The number of guanidine groups is 1. The van der Waals surface area contributed by atoms with Crippen molar-refractivity contribution in [3.8, 4) is 5.75 Å². The molecule has 0 fully saturated rings. The van der Waals surface area contributed by atoms with Crippen molar-refractivity contribution < 1.29 is 4.74 Å². The predicted octanol–water partition coefficient (Wildman–Crippen LogP) is 0.452. The molecular weight excluding hydrogens is 354 g/mol. The third-order valence-corrected chi connectivity index (χ3v) is 4.72. The first-order valence-corrected chi connectivity index (χ1v) is 8.98. The molecule has 0 saturated heterocycles. The van der Waals surface area contributed by atoms with Gasteiger partial charge in [0, 0.05) is 30.7 Å². The molecule has 0 bridgehead atoms. The Morgan fingerprint density at radius 3 is 2.96 bits per heavy atom. The molecule has 0 unspecified atom stereocenters. The van der Waals surface area contributed by atoms with Gasteiger partial charge in [-0.05, 0) is 18.6 Å². The van der Waals surface area contributed by atoms with Gasteiger partial charge in [0.15, 0.2) is 11.8 Å². The van der Waals surface area contributed by atoms with Crippen LogP contribution in [0.2, 0.25) is 0 Å². The Hall–Kier alpha value is -2.72. The minimum atomic E-state index is -0.328. The Bertz CT molecular complexity index is 877. The molecule has 0 saturated carbocycles. The minimum absolute atomic E-state index is 0.0462. The van der Waals surface area contributed by atoms with Gasteiger partial charge in [-0.2, -0.15) is 4.98 Å². The Labute approximate surface area is 154 Å². The number of aromatic nitrogens is 2. The maximum atomic E-state index is 12.3. The van der Waals surface area contributed by atoms with Crippen LogP contribution in [-0.4, -0.2) is 35.2 Å². The SMILES string of the molecule is NCCOc1cccc2c1Nc1nc(=O)n(CCCN=C(N)N)cc1S2. The van der Waals surface area contributed by atoms with E-state index in [0.717, 1.165) is 15.5 Å². The second-order valence-corrected chi connectivity index (χ2v) is 6.67. The highest BCUT2D eigenvalue weighted by molar-refractivity contribution is 7.99. The summed E-state index contributed by atoms with van der Waals surface area (Å²) >= 11 is 1.53. The summed E-state index contributed by atoms with van der Waals surface area (Å²) in [4.78, 5) is 22.2. The van der Waals surface area contributed by atoms with Gasteiger partial charge in [-0.25, -0.2) is 4.79 Å². The average Bonchev–Trinajstić information content (AvgIpc) is 2.62. The number of nitrogens with two attached hydrogens (primary N) is 3. The Balaban J connectivity index is 1.80. The summed E-state index contributed by atoms with van der Waals surface area (Å²) < 4.78 is 7.23. The lowest BCUT2D eigenvalue weighted by atomic mass is 10.3. The summed E-state index contributed by atoms with van der Waals surface area (Å²) in [7, 11) is 0. The minimum Gasteiger partial charge on any atom is -0.490 e. The Kier molecular flexibility index (Phi) is 5.64. The van der Waals surface area contributed by atoms with E-state index in [1.807, 2.05) is 18.2 Å². The Morgan fingerprint density at radius 1 is 1.35 bits per heavy atom. The normalized spacial score (nSPS) is 11.9. The summed E-state index contributed by atoms with van der Waals surface area (Å²) in [6.45, 7) is 1.79. The largest absolute Gasteiger partial charge is 0.490 e. The molecule has 10 heteroatoms. The van der Waals surface area contributed by atoms with Gasteiger partial charge in [0.05, 0.1) is 10.6 Å². The van der Waals surface area contributed by atoms with Gasteiger partial charge >= 0.3 is 5.69 Å². The summed E-state index contributed by atoms with van der Waals surface area (Å²) in [5.74, 6) is 1.26. The second kappa shape index (κ2) is 8.11. The highest BCUT2D eigenvalue weighted by Gasteiger charge is 2.21. The Morgan fingerprint density at radius 2 is 2.19 bits per heavy atom. The van der Waals surface area contributed by atoms with Gasteiger partial charge in [0.1, 0.15) is 12.4 Å². The molecule has 1 aliphatic heterocycles. The fourth-order valence-electron chi connectivity index (χ4n) is 2.49. The first-order chi connectivity index (χ1) is 12.6. The quantitative estimate of drug-likeness (QED) is 0.264. The molecule has 1 aliphatic rings. The van der Waals surface area contributed by atoms with E-state index in [1.165, 1.54) is 11.8 Å². The summed E-state index contributed by atoms with van der Waals surface area (Å²) in [6, 6.07) is 5.76. The number of anilines is 2. The van der Waals surface area contributed by atoms with E-state index in [2.05, 4.69) is 15.3 Å². The smallest absolute Gasteiger partial charge is 0.349 e. The number of para-hydroxylation sites is 1. The second-order valence-electron chi connectivity index (χ2n) is 5.58. The number of aryl methyl sites for hydroxylation is 1. The van der Waals surface area contributed by atoms with Crippen molar-refractivity contribution in [2.75, 3.05) is 25.0 Å². The van der Waals surface area contributed by atoms with Crippen LogP contribution in [0, 0.1) is 0 Å². The summed E-state index contributed by atoms with van der Waals surface area (Å²) in [6.07, 6.45) is 2.44. The van der Waals surface area contributed by atoms with Gasteiger partial charge in [0.2, 0.25) is 0 Å². The number of aliphatic imine (C=N–C) groups is 1.